The molecule has 1 aliphatic heterocycles. The molecule has 2 atom stereocenters. The Balaban J connectivity index is 2.20. The highest BCUT2D eigenvalue weighted by Gasteiger charge is 2.32. The van der Waals surface area contributed by atoms with Gasteiger partial charge in [0.15, 0.2) is 0 Å². The van der Waals surface area contributed by atoms with Crippen molar-refractivity contribution in [3.8, 4) is 5.75 Å². The van der Waals surface area contributed by atoms with Crippen LogP contribution in [0.3, 0.4) is 0 Å². The van der Waals surface area contributed by atoms with E-state index in [4.69, 9.17) is 9.47 Å². The van der Waals surface area contributed by atoms with E-state index in [1.807, 2.05) is 0 Å². The molecule has 20 heavy (non-hydrogen) atoms. The fraction of sp³-hybridized carbons (Fsp3) is 0.538. The highest BCUT2D eigenvalue weighted by Crippen LogP contribution is 2.26. The minimum absolute atomic E-state index is 0.194. The maximum absolute atomic E-state index is 12.2. The molecule has 2 unspecified atom stereocenters. The summed E-state index contributed by atoms with van der Waals surface area (Å²) in [5, 5.41) is 8.93. The highest BCUT2D eigenvalue weighted by atomic mass is 32.2. The van der Waals surface area contributed by atoms with E-state index in [1.54, 1.807) is 24.3 Å². The SMILES string of the molecule is COc1ccccc1C(CO)NS(=O)(=O)C1CCOC1. The molecule has 2 N–H and O–H groups in total. The molecular weight excluding hydrogens is 282 g/mol. The topological polar surface area (TPSA) is 84.9 Å². The highest BCUT2D eigenvalue weighted by molar-refractivity contribution is 7.90. The molecule has 0 radical (unpaired) electrons. The van der Waals surface area contributed by atoms with Crippen molar-refractivity contribution in [1.29, 1.82) is 0 Å². The van der Waals surface area contributed by atoms with Crippen LogP contribution in [0, 0.1) is 0 Å². The third-order valence-corrected chi connectivity index (χ3v) is 5.19. The van der Waals surface area contributed by atoms with Crippen molar-refractivity contribution in [1.82, 2.24) is 4.72 Å². The molecule has 112 valence electrons. The molecule has 7 heteroatoms. The second kappa shape index (κ2) is 6.53. The van der Waals surface area contributed by atoms with Gasteiger partial charge in [-0.2, -0.15) is 0 Å². The summed E-state index contributed by atoms with van der Waals surface area (Å²) in [6.07, 6.45) is 0.472. The molecule has 0 saturated carbocycles. The second-order valence-corrected chi connectivity index (χ2v) is 6.62. The Morgan fingerprint density at radius 2 is 2.25 bits per heavy atom. The Morgan fingerprint density at radius 1 is 1.50 bits per heavy atom. The zero-order valence-corrected chi connectivity index (χ0v) is 12.1. The first-order valence-corrected chi connectivity index (χ1v) is 7.95. The van der Waals surface area contributed by atoms with Gasteiger partial charge in [0.25, 0.3) is 0 Å². The standard InChI is InChI=1S/C13H19NO5S/c1-18-13-5-3-2-4-11(13)12(8-15)14-20(16,17)10-6-7-19-9-10/h2-5,10,12,14-15H,6-9H2,1H3. The molecule has 1 aliphatic rings. The molecule has 0 aliphatic carbocycles. The Hall–Kier alpha value is -1.15. The van der Waals surface area contributed by atoms with Gasteiger partial charge in [-0.25, -0.2) is 13.1 Å². The molecule has 6 nitrogen and oxygen atoms in total. The van der Waals surface area contributed by atoms with Crippen molar-refractivity contribution in [2.24, 2.45) is 0 Å². The first kappa shape index (κ1) is 15.2. The summed E-state index contributed by atoms with van der Waals surface area (Å²) in [6.45, 7) is 0.302. The number of benzene rings is 1. The number of hydrogen-bond acceptors (Lipinski definition) is 5. The summed E-state index contributed by atoms with van der Waals surface area (Å²) in [6, 6.07) is 6.29. The van der Waals surface area contributed by atoms with Gasteiger partial charge < -0.3 is 14.6 Å². The van der Waals surface area contributed by atoms with Crippen LogP contribution >= 0.6 is 0 Å². The van der Waals surface area contributed by atoms with Crippen LogP contribution in [0.1, 0.15) is 18.0 Å². The molecule has 0 bridgehead atoms. The van der Waals surface area contributed by atoms with E-state index in [9.17, 15) is 13.5 Å². The second-order valence-electron chi connectivity index (χ2n) is 4.63. The van der Waals surface area contributed by atoms with Crippen LogP contribution in [0.5, 0.6) is 5.75 Å². The lowest BCUT2D eigenvalue weighted by molar-refractivity contribution is 0.198. The van der Waals surface area contributed by atoms with Crippen LogP contribution in [0.4, 0.5) is 0 Å². The van der Waals surface area contributed by atoms with Gasteiger partial charge in [0.2, 0.25) is 10.0 Å². The molecular formula is C13H19NO5S. The van der Waals surface area contributed by atoms with Crippen LogP contribution in [-0.2, 0) is 14.8 Å². The van der Waals surface area contributed by atoms with E-state index in [-0.39, 0.29) is 13.2 Å². The van der Waals surface area contributed by atoms with Gasteiger partial charge in [-0.05, 0) is 12.5 Å². The van der Waals surface area contributed by atoms with Crippen LogP contribution in [0.25, 0.3) is 0 Å². The summed E-state index contributed by atoms with van der Waals surface area (Å²) in [4.78, 5) is 0. The zero-order chi connectivity index (χ0) is 14.6. The van der Waals surface area contributed by atoms with Crippen molar-refractivity contribution in [3.63, 3.8) is 0 Å². The lowest BCUT2D eigenvalue weighted by Gasteiger charge is -2.21. The zero-order valence-electron chi connectivity index (χ0n) is 11.3. The molecule has 1 aromatic rings. The Morgan fingerprint density at radius 3 is 2.85 bits per heavy atom. The first-order chi connectivity index (χ1) is 9.58. The number of nitrogens with one attached hydrogen (secondary N) is 1. The van der Waals surface area contributed by atoms with Gasteiger partial charge in [0.05, 0.1) is 26.4 Å². The molecule has 1 aromatic carbocycles. The molecule has 1 saturated heterocycles. The van der Waals surface area contributed by atoms with Crippen molar-refractivity contribution in [3.05, 3.63) is 29.8 Å². The van der Waals surface area contributed by atoms with Gasteiger partial charge in [-0.1, -0.05) is 18.2 Å². The third-order valence-electron chi connectivity index (χ3n) is 3.33. The number of methoxy groups -OCH3 is 1. The smallest absolute Gasteiger partial charge is 0.217 e. The van der Waals surface area contributed by atoms with Crippen molar-refractivity contribution in [2.45, 2.75) is 17.7 Å². The quantitative estimate of drug-likeness (QED) is 0.796. The normalized spacial score (nSPS) is 20.8. The molecule has 2 rings (SSSR count). The predicted molar refractivity (Wildman–Crippen MR) is 74.1 cm³/mol. The lowest BCUT2D eigenvalue weighted by Crippen LogP contribution is -2.38. The van der Waals surface area contributed by atoms with Gasteiger partial charge in [0, 0.05) is 12.2 Å². The van der Waals surface area contributed by atoms with E-state index in [0.717, 1.165) is 0 Å². The average Bonchev–Trinajstić information content (AvgIpc) is 3.00. The number of sulfonamides is 1. The lowest BCUT2D eigenvalue weighted by atomic mass is 10.1. The van der Waals surface area contributed by atoms with Gasteiger partial charge in [-0.15, -0.1) is 0 Å². The van der Waals surface area contributed by atoms with Crippen LogP contribution < -0.4 is 9.46 Å². The monoisotopic (exact) mass is 301 g/mol. The number of rotatable bonds is 6. The summed E-state index contributed by atoms with van der Waals surface area (Å²) in [5.74, 6) is 0.539. The summed E-state index contributed by atoms with van der Waals surface area (Å²) in [7, 11) is -2.03. The third kappa shape index (κ3) is 3.29. The average molecular weight is 301 g/mol. The van der Waals surface area contributed by atoms with Crippen LogP contribution in [-0.4, -0.2) is 45.7 Å². The Kier molecular flexibility index (Phi) is 4.98. The molecule has 0 aromatic heterocycles. The molecule has 1 heterocycles. The fourth-order valence-electron chi connectivity index (χ4n) is 2.21. The maximum atomic E-state index is 12.2. The van der Waals surface area contributed by atoms with Gasteiger partial charge >= 0.3 is 0 Å². The van der Waals surface area contributed by atoms with Crippen molar-refractivity contribution < 1.29 is 23.0 Å². The van der Waals surface area contributed by atoms with Gasteiger partial charge in [-0.3, -0.25) is 0 Å². The largest absolute Gasteiger partial charge is 0.496 e. The minimum atomic E-state index is -3.54. The molecule has 0 amide bonds. The number of hydrogen-bond donors (Lipinski definition) is 2. The molecule has 1 fully saturated rings. The number of ether oxygens (including phenoxy) is 2. The van der Waals surface area contributed by atoms with Crippen LogP contribution in [0.15, 0.2) is 24.3 Å². The van der Waals surface area contributed by atoms with Crippen molar-refractivity contribution >= 4 is 10.0 Å². The van der Waals surface area contributed by atoms with Crippen molar-refractivity contribution in [2.75, 3.05) is 26.9 Å². The summed E-state index contributed by atoms with van der Waals surface area (Å²) < 4.78 is 37.3. The fourth-order valence-corrected chi connectivity index (χ4v) is 3.68. The number of aliphatic hydroxyl groups excluding tert-OH is 1. The molecule has 0 spiro atoms. The first-order valence-electron chi connectivity index (χ1n) is 6.41. The Labute approximate surface area is 118 Å². The summed E-state index contributed by atoms with van der Waals surface area (Å²) >= 11 is 0. The van der Waals surface area contributed by atoms with E-state index < -0.39 is 21.3 Å². The van der Waals surface area contributed by atoms with Crippen LogP contribution in [0.2, 0.25) is 0 Å². The van der Waals surface area contributed by atoms with E-state index in [1.165, 1.54) is 7.11 Å². The maximum Gasteiger partial charge on any atom is 0.217 e. The van der Waals surface area contributed by atoms with E-state index in [2.05, 4.69) is 4.72 Å². The van der Waals surface area contributed by atoms with E-state index >= 15 is 0 Å². The van der Waals surface area contributed by atoms with Gasteiger partial charge in [0.1, 0.15) is 11.0 Å². The number of para-hydroxylation sites is 1. The predicted octanol–water partition coefficient (Wildman–Crippen LogP) is 0.437. The van der Waals surface area contributed by atoms with E-state index in [0.29, 0.717) is 24.3 Å². The Bertz CT molecular complexity index is 539. The number of aliphatic hydroxyl groups is 1. The summed E-state index contributed by atoms with van der Waals surface area (Å²) in [5.41, 5.74) is 0.611. The minimum Gasteiger partial charge on any atom is -0.496 e.